The van der Waals surface area contributed by atoms with Gasteiger partial charge in [-0.15, -0.1) is 0 Å². The number of rotatable bonds is 3. The number of halogens is 1. The van der Waals surface area contributed by atoms with Gasteiger partial charge in [0, 0.05) is 23.1 Å². The van der Waals surface area contributed by atoms with Gasteiger partial charge in [-0.1, -0.05) is 17.7 Å². The first-order valence-corrected chi connectivity index (χ1v) is 6.68. The molecule has 94 valence electrons. The van der Waals surface area contributed by atoms with Gasteiger partial charge in [0.05, 0.1) is 10.6 Å². The molecule has 5 nitrogen and oxygen atoms in total. The first kappa shape index (κ1) is 16.4. The molecular formula is C11H8ClN2NaO3S. The van der Waals surface area contributed by atoms with Gasteiger partial charge >= 0.3 is 29.6 Å². The van der Waals surface area contributed by atoms with Crippen LogP contribution in [0.25, 0.3) is 0 Å². The number of pyridine rings is 1. The second kappa shape index (κ2) is 6.69. The summed E-state index contributed by atoms with van der Waals surface area (Å²) >= 11 is 5.81. The van der Waals surface area contributed by atoms with Crippen molar-refractivity contribution in [3.63, 3.8) is 0 Å². The Balaban J connectivity index is 0.00000180. The van der Waals surface area contributed by atoms with Crippen LogP contribution in [0.15, 0.2) is 47.6 Å². The molecule has 0 unspecified atom stereocenters. The Hall–Kier alpha value is -0.630. The van der Waals surface area contributed by atoms with Crippen LogP contribution in [-0.4, -0.2) is 18.0 Å². The van der Waals surface area contributed by atoms with Gasteiger partial charge in [0.1, 0.15) is 10.1 Å². The zero-order valence-corrected chi connectivity index (χ0v) is 13.6. The average Bonchev–Trinajstić information content (AvgIpc) is 2.28. The Morgan fingerprint density at radius 1 is 1.26 bits per heavy atom. The molecule has 0 aliphatic heterocycles. The van der Waals surface area contributed by atoms with E-state index in [4.69, 9.17) is 11.6 Å². The summed E-state index contributed by atoms with van der Waals surface area (Å²) < 4.78 is 33.1. The molecule has 1 N–H and O–H groups in total. The van der Waals surface area contributed by atoms with Crippen molar-refractivity contribution in [1.82, 2.24) is 4.98 Å². The summed E-state index contributed by atoms with van der Waals surface area (Å²) in [5.74, 6) is 0. The molecule has 0 saturated carbocycles. The van der Waals surface area contributed by atoms with Crippen molar-refractivity contribution in [2.75, 3.05) is 5.32 Å². The van der Waals surface area contributed by atoms with Gasteiger partial charge in [-0.25, -0.2) is 8.42 Å². The Morgan fingerprint density at radius 2 is 2.00 bits per heavy atom. The van der Waals surface area contributed by atoms with E-state index in [9.17, 15) is 13.0 Å². The van der Waals surface area contributed by atoms with Gasteiger partial charge in [-0.2, -0.15) is 0 Å². The van der Waals surface area contributed by atoms with Crippen molar-refractivity contribution in [2.45, 2.75) is 4.90 Å². The normalized spacial score (nSPS) is 10.6. The van der Waals surface area contributed by atoms with Crippen LogP contribution in [0.1, 0.15) is 0 Å². The summed E-state index contributed by atoms with van der Waals surface area (Å²) in [5, 5.41) is 3.32. The summed E-state index contributed by atoms with van der Waals surface area (Å²) in [5.41, 5.74) is 0.751. The van der Waals surface area contributed by atoms with Crippen molar-refractivity contribution in [3.8, 4) is 0 Å². The minimum Gasteiger partial charge on any atom is -0.744 e. The van der Waals surface area contributed by atoms with Crippen molar-refractivity contribution in [3.05, 3.63) is 47.7 Å². The number of nitrogens with one attached hydrogen (secondary N) is 1. The molecule has 0 aliphatic carbocycles. The van der Waals surface area contributed by atoms with Crippen LogP contribution < -0.4 is 34.9 Å². The first-order chi connectivity index (χ1) is 8.47. The molecule has 2 aromatic rings. The zero-order chi connectivity index (χ0) is 13.2. The number of nitrogens with zero attached hydrogens (tertiary/aromatic N) is 1. The van der Waals surface area contributed by atoms with Crippen molar-refractivity contribution in [1.29, 1.82) is 0 Å². The number of hydrogen-bond donors (Lipinski definition) is 1. The molecule has 0 spiro atoms. The van der Waals surface area contributed by atoms with Gasteiger partial charge in [0.2, 0.25) is 0 Å². The molecule has 1 heterocycles. The molecule has 19 heavy (non-hydrogen) atoms. The predicted molar refractivity (Wildman–Crippen MR) is 66.9 cm³/mol. The third-order valence-electron chi connectivity index (χ3n) is 2.16. The summed E-state index contributed by atoms with van der Waals surface area (Å²) in [6.45, 7) is 0. The number of benzene rings is 1. The molecule has 0 aliphatic rings. The molecule has 0 radical (unpaired) electrons. The molecule has 0 saturated heterocycles. The summed E-state index contributed by atoms with van der Waals surface area (Å²) in [7, 11) is -4.57. The van der Waals surface area contributed by atoms with Gasteiger partial charge in [0.25, 0.3) is 0 Å². The van der Waals surface area contributed by atoms with E-state index in [0.717, 1.165) is 6.20 Å². The van der Waals surface area contributed by atoms with Gasteiger partial charge in [0.15, 0.2) is 0 Å². The van der Waals surface area contributed by atoms with E-state index < -0.39 is 15.0 Å². The van der Waals surface area contributed by atoms with Crippen molar-refractivity contribution >= 4 is 33.1 Å². The largest absolute Gasteiger partial charge is 1.00 e. The molecule has 0 bridgehead atoms. The SMILES string of the molecule is O=S(=O)([O-])c1cnccc1Nc1cccc(Cl)c1.[Na+]. The zero-order valence-electron chi connectivity index (χ0n) is 10.00. The average molecular weight is 307 g/mol. The van der Waals surface area contributed by atoms with Crippen molar-refractivity contribution in [2.24, 2.45) is 0 Å². The minimum atomic E-state index is -4.57. The number of aromatic nitrogens is 1. The Kier molecular flexibility index (Phi) is 5.79. The van der Waals surface area contributed by atoms with Crippen LogP contribution in [0.2, 0.25) is 5.02 Å². The minimum absolute atomic E-state index is 0. The topological polar surface area (TPSA) is 82.1 Å². The van der Waals surface area contributed by atoms with Crippen LogP contribution in [0, 0.1) is 0 Å². The quantitative estimate of drug-likeness (QED) is 0.604. The van der Waals surface area contributed by atoms with Crippen molar-refractivity contribution < 1.29 is 42.5 Å². The standard InChI is InChI=1S/C11H9ClN2O3S.Na/c12-8-2-1-3-9(6-8)14-10-4-5-13-7-11(10)18(15,16)17;/h1-7H,(H,13,14)(H,15,16,17);/q;+1/p-1. The molecule has 0 amide bonds. The smallest absolute Gasteiger partial charge is 0.744 e. The first-order valence-electron chi connectivity index (χ1n) is 4.89. The van der Waals surface area contributed by atoms with E-state index in [2.05, 4.69) is 10.3 Å². The van der Waals surface area contributed by atoms with Crippen LogP contribution in [0.5, 0.6) is 0 Å². The maximum atomic E-state index is 11.0. The van der Waals surface area contributed by atoms with Gasteiger partial charge < -0.3 is 9.87 Å². The Labute approximate surface area is 138 Å². The maximum absolute atomic E-state index is 11.0. The van der Waals surface area contributed by atoms with Gasteiger partial charge in [-0.3, -0.25) is 4.98 Å². The summed E-state index contributed by atoms with van der Waals surface area (Å²) in [6.07, 6.45) is 2.40. The molecule has 1 aromatic carbocycles. The Bertz CT molecular complexity index is 679. The fraction of sp³-hybridized carbons (Fsp3) is 0. The number of anilines is 2. The van der Waals surface area contributed by atoms with E-state index in [-0.39, 0.29) is 35.2 Å². The second-order valence-corrected chi connectivity index (χ2v) is 5.25. The molecular weight excluding hydrogens is 299 g/mol. The summed E-state index contributed by atoms with van der Waals surface area (Å²) in [4.78, 5) is 3.23. The van der Waals surface area contributed by atoms with Crippen LogP contribution in [0.4, 0.5) is 11.4 Å². The fourth-order valence-electron chi connectivity index (χ4n) is 1.40. The third-order valence-corrected chi connectivity index (χ3v) is 3.26. The van der Waals surface area contributed by atoms with Gasteiger partial charge in [-0.05, 0) is 24.3 Å². The van der Waals surface area contributed by atoms with Crippen LogP contribution in [0.3, 0.4) is 0 Å². The monoisotopic (exact) mass is 306 g/mol. The molecule has 8 heteroatoms. The molecule has 2 rings (SSSR count). The molecule has 0 fully saturated rings. The van der Waals surface area contributed by atoms with E-state index in [1.54, 1.807) is 24.3 Å². The molecule has 1 aromatic heterocycles. The van der Waals surface area contributed by atoms with E-state index in [1.165, 1.54) is 12.3 Å². The van der Waals surface area contributed by atoms with E-state index in [0.29, 0.717) is 10.7 Å². The van der Waals surface area contributed by atoms with Crippen LogP contribution in [-0.2, 0) is 10.1 Å². The Morgan fingerprint density at radius 3 is 2.63 bits per heavy atom. The summed E-state index contributed by atoms with van der Waals surface area (Å²) in [6, 6.07) is 8.12. The maximum Gasteiger partial charge on any atom is 1.00 e. The number of hydrogen-bond acceptors (Lipinski definition) is 5. The fourth-order valence-corrected chi connectivity index (χ4v) is 2.17. The second-order valence-electron chi connectivity index (χ2n) is 3.46. The van der Waals surface area contributed by atoms with E-state index >= 15 is 0 Å². The van der Waals surface area contributed by atoms with Crippen LogP contribution >= 0.6 is 11.6 Å². The molecule has 0 atom stereocenters. The van der Waals surface area contributed by atoms with E-state index in [1.807, 2.05) is 0 Å². The predicted octanol–water partition coefficient (Wildman–Crippen LogP) is -0.613. The third kappa shape index (κ3) is 4.45.